The van der Waals surface area contributed by atoms with Crippen molar-refractivity contribution in [3.05, 3.63) is 12.3 Å². The van der Waals surface area contributed by atoms with Gasteiger partial charge in [-0.1, -0.05) is 27.4 Å². The molecule has 1 atom stereocenters. The maximum atomic E-state index is 4.39. The van der Waals surface area contributed by atoms with E-state index in [-0.39, 0.29) is 5.41 Å². The van der Waals surface area contributed by atoms with Gasteiger partial charge in [0.1, 0.15) is 0 Å². The van der Waals surface area contributed by atoms with Gasteiger partial charge in [-0.05, 0) is 5.41 Å². The average molecular weight is 152 g/mol. The summed E-state index contributed by atoms with van der Waals surface area (Å²) in [6, 6.07) is 0.382. The molecule has 0 saturated heterocycles. The lowest BCUT2D eigenvalue weighted by Crippen LogP contribution is -2.38. The van der Waals surface area contributed by atoms with E-state index in [1.165, 1.54) is 0 Å². The molecule has 0 aliphatic carbocycles. The number of nitrogens with one attached hydrogen (secondary N) is 1. The second-order valence-electron chi connectivity index (χ2n) is 4.07. The zero-order valence-electron chi connectivity index (χ0n) is 7.52. The summed E-state index contributed by atoms with van der Waals surface area (Å²) in [6.45, 7) is 11.3. The highest BCUT2D eigenvalue weighted by molar-refractivity contribution is 5.77. The fourth-order valence-electron chi connectivity index (χ4n) is 1.04. The Balaban J connectivity index is 2.65. The van der Waals surface area contributed by atoms with Crippen LogP contribution in [0.4, 0.5) is 0 Å². The van der Waals surface area contributed by atoms with Crippen LogP contribution in [0.2, 0.25) is 0 Å². The largest absolute Gasteiger partial charge is 0.382 e. The van der Waals surface area contributed by atoms with E-state index < -0.39 is 0 Å². The lowest BCUT2D eigenvalue weighted by Gasteiger charge is -2.30. The topological polar surface area (TPSA) is 24.4 Å². The Morgan fingerprint density at radius 2 is 2.27 bits per heavy atom. The van der Waals surface area contributed by atoms with Crippen molar-refractivity contribution in [3.8, 4) is 0 Å². The van der Waals surface area contributed by atoms with Crippen LogP contribution in [-0.4, -0.2) is 18.8 Å². The van der Waals surface area contributed by atoms with Crippen LogP contribution in [-0.2, 0) is 0 Å². The monoisotopic (exact) mass is 152 g/mol. The van der Waals surface area contributed by atoms with Crippen molar-refractivity contribution in [3.63, 3.8) is 0 Å². The summed E-state index contributed by atoms with van der Waals surface area (Å²) < 4.78 is 0. The third kappa shape index (κ3) is 2.07. The van der Waals surface area contributed by atoms with E-state index in [1.807, 2.05) is 6.21 Å². The molecule has 0 radical (unpaired) electrons. The Hall–Kier alpha value is -0.790. The van der Waals surface area contributed by atoms with Crippen molar-refractivity contribution in [1.29, 1.82) is 0 Å². The number of nitrogens with zero attached hydrogens (tertiary/aromatic N) is 1. The van der Waals surface area contributed by atoms with E-state index in [1.54, 1.807) is 0 Å². The fraction of sp³-hybridized carbons (Fsp3) is 0.667. The molecule has 0 saturated carbocycles. The maximum Gasteiger partial charge on any atom is 0.0720 e. The van der Waals surface area contributed by atoms with Crippen molar-refractivity contribution >= 4 is 6.21 Å². The van der Waals surface area contributed by atoms with Crippen molar-refractivity contribution in [1.82, 2.24) is 5.32 Å². The lowest BCUT2D eigenvalue weighted by molar-refractivity contribution is 0.315. The standard InChI is InChI=1S/C9H16N2/c1-7-5-11-8(6-10-7)9(2,3)4/h5,8,10H,1,6H2,2-4H3. The van der Waals surface area contributed by atoms with E-state index in [0.29, 0.717) is 6.04 Å². The highest BCUT2D eigenvalue weighted by atomic mass is 15.0. The van der Waals surface area contributed by atoms with Crippen molar-refractivity contribution in [2.45, 2.75) is 26.8 Å². The number of hydrogen-bond donors (Lipinski definition) is 1. The molecule has 1 aliphatic rings. The molecule has 0 fully saturated rings. The SMILES string of the molecule is C=C1C=NC(C(C)(C)C)CN1. The molecule has 11 heavy (non-hydrogen) atoms. The van der Waals surface area contributed by atoms with Gasteiger partial charge in [-0.25, -0.2) is 0 Å². The molecule has 2 heteroatoms. The Morgan fingerprint density at radius 3 is 2.64 bits per heavy atom. The van der Waals surface area contributed by atoms with Gasteiger partial charge in [-0.15, -0.1) is 0 Å². The number of rotatable bonds is 0. The van der Waals surface area contributed by atoms with Gasteiger partial charge < -0.3 is 5.32 Å². The second-order valence-corrected chi connectivity index (χ2v) is 4.07. The molecule has 1 aliphatic heterocycles. The van der Waals surface area contributed by atoms with Crippen LogP contribution < -0.4 is 5.32 Å². The smallest absolute Gasteiger partial charge is 0.0720 e. The van der Waals surface area contributed by atoms with Crippen LogP contribution in [0.3, 0.4) is 0 Å². The highest BCUT2D eigenvalue weighted by Crippen LogP contribution is 2.22. The predicted molar refractivity (Wildman–Crippen MR) is 48.9 cm³/mol. The van der Waals surface area contributed by atoms with Crippen LogP contribution in [0.15, 0.2) is 17.3 Å². The Kier molecular flexibility index (Phi) is 2.03. The molecule has 0 aromatic rings. The van der Waals surface area contributed by atoms with Crippen LogP contribution in [0, 0.1) is 5.41 Å². The summed E-state index contributed by atoms with van der Waals surface area (Å²) in [5, 5.41) is 3.19. The molecule has 1 heterocycles. The first-order chi connectivity index (χ1) is 5.00. The van der Waals surface area contributed by atoms with E-state index in [2.05, 4.69) is 37.7 Å². The second kappa shape index (κ2) is 2.68. The van der Waals surface area contributed by atoms with Gasteiger partial charge in [0.15, 0.2) is 0 Å². The Morgan fingerprint density at radius 1 is 1.64 bits per heavy atom. The molecule has 1 rings (SSSR count). The summed E-state index contributed by atoms with van der Waals surface area (Å²) in [4.78, 5) is 4.39. The van der Waals surface area contributed by atoms with E-state index in [0.717, 1.165) is 12.2 Å². The normalized spacial score (nSPS) is 25.0. The zero-order valence-corrected chi connectivity index (χ0v) is 7.52. The summed E-state index contributed by atoms with van der Waals surface area (Å²) >= 11 is 0. The van der Waals surface area contributed by atoms with Crippen molar-refractivity contribution in [2.75, 3.05) is 6.54 Å². The fourth-order valence-corrected chi connectivity index (χ4v) is 1.04. The van der Waals surface area contributed by atoms with Crippen LogP contribution in [0.1, 0.15) is 20.8 Å². The van der Waals surface area contributed by atoms with Gasteiger partial charge in [-0.2, -0.15) is 0 Å². The first-order valence-electron chi connectivity index (χ1n) is 3.96. The minimum atomic E-state index is 0.254. The summed E-state index contributed by atoms with van der Waals surface area (Å²) in [5.74, 6) is 0. The molecular formula is C9H16N2. The molecule has 0 spiro atoms. The van der Waals surface area contributed by atoms with Crippen LogP contribution in [0.25, 0.3) is 0 Å². The van der Waals surface area contributed by atoms with E-state index >= 15 is 0 Å². The minimum absolute atomic E-state index is 0.254. The van der Waals surface area contributed by atoms with Crippen LogP contribution in [0.5, 0.6) is 0 Å². The molecular weight excluding hydrogens is 136 g/mol. The molecule has 2 nitrogen and oxygen atoms in total. The molecule has 0 amide bonds. The summed E-state index contributed by atoms with van der Waals surface area (Å²) in [7, 11) is 0. The summed E-state index contributed by atoms with van der Waals surface area (Å²) in [5.41, 5.74) is 1.18. The van der Waals surface area contributed by atoms with Gasteiger partial charge in [0, 0.05) is 18.5 Å². The number of aliphatic imine (C=N–C) groups is 1. The molecule has 0 aromatic carbocycles. The first kappa shape index (κ1) is 8.31. The minimum Gasteiger partial charge on any atom is -0.382 e. The first-order valence-corrected chi connectivity index (χ1v) is 3.96. The summed E-state index contributed by atoms with van der Waals surface area (Å²) in [6.07, 6.45) is 1.82. The Labute approximate surface area is 68.4 Å². The zero-order chi connectivity index (χ0) is 8.48. The highest BCUT2D eigenvalue weighted by Gasteiger charge is 2.24. The molecule has 0 bridgehead atoms. The van der Waals surface area contributed by atoms with Gasteiger partial charge in [0.25, 0.3) is 0 Å². The quantitative estimate of drug-likeness (QED) is 0.560. The predicted octanol–water partition coefficient (Wildman–Crippen LogP) is 1.59. The lowest BCUT2D eigenvalue weighted by atomic mass is 9.86. The van der Waals surface area contributed by atoms with Crippen LogP contribution >= 0.6 is 0 Å². The van der Waals surface area contributed by atoms with Gasteiger partial charge in [-0.3, -0.25) is 4.99 Å². The maximum absolute atomic E-state index is 4.39. The molecule has 1 N–H and O–H groups in total. The Bertz CT molecular complexity index is 186. The van der Waals surface area contributed by atoms with Gasteiger partial charge in [0.2, 0.25) is 0 Å². The van der Waals surface area contributed by atoms with Crippen molar-refractivity contribution < 1.29 is 0 Å². The molecule has 0 aromatic heterocycles. The number of hydrogen-bond acceptors (Lipinski definition) is 2. The van der Waals surface area contributed by atoms with Gasteiger partial charge >= 0.3 is 0 Å². The molecule has 62 valence electrons. The third-order valence-electron chi connectivity index (χ3n) is 1.93. The third-order valence-corrected chi connectivity index (χ3v) is 1.93. The van der Waals surface area contributed by atoms with E-state index in [4.69, 9.17) is 0 Å². The average Bonchev–Trinajstić information content (AvgIpc) is 1.86. The molecule has 1 unspecified atom stereocenters. The van der Waals surface area contributed by atoms with E-state index in [9.17, 15) is 0 Å². The number of allylic oxidation sites excluding steroid dienone is 1. The van der Waals surface area contributed by atoms with Crippen molar-refractivity contribution in [2.24, 2.45) is 10.4 Å². The van der Waals surface area contributed by atoms with Gasteiger partial charge in [0.05, 0.1) is 6.04 Å².